The van der Waals surface area contributed by atoms with Crippen molar-refractivity contribution in [2.45, 2.75) is 44.6 Å². The van der Waals surface area contributed by atoms with Gasteiger partial charge in [-0.25, -0.2) is 0 Å². The summed E-state index contributed by atoms with van der Waals surface area (Å²) in [6.45, 7) is 1.21. The SMILES string of the molecule is O=C(NC1CCCC1)[C@@H]1CCCN(C(=O)c2cccc(Cl)c2)C1. The molecule has 1 N–H and O–H groups in total. The van der Waals surface area contributed by atoms with E-state index in [2.05, 4.69) is 5.32 Å². The fourth-order valence-corrected chi connectivity index (χ4v) is 3.76. The monoisotopic (exact) mass is 334 g/mol. The lowest BCUT2D eigenvalue weighted by molar-refractivity contribution is -0.127. The van der Waals surface area contributed by atoms with E-state index in [1.165, 1.54) is 12.8 Å². The number of carbonyl (C=O) groups excluding carboxylic acids is 2. The summed E-state index contributed by atoms with van der Waals surface area (Å²) >= 11 is 5.97. The van der Waals surface area contributed by atoms with E-state index >= 15 is 0 Å². The highest BCUT2D eigenvalue weighted by molar-refractivity contribution is 6.30. The lowest BCUT2D eigenvalue weighted by Gasteiger charge is -2.32. The maximum Gasteiger partial charge on any atom is 0.253 e. The van der Waals surface area contributed by atoms with E-state index in [1.54, 1.807) is 29.2 Å². The molecule has 2 amide bonds. The first kappa shape index (κ1) is 16.3. The summed E-state index contributed by atoms with van der Waals surface area (Å²) in [7, 11) is 0. The molecular weight excluding hydrogens is 312 g/mol. The largest absolute Gasteiger partial charge is 0.353 e. The van der Waals surface area contributed by atoms with Gasteiger partial charge in [0, 0.05) is 29.7 Å². The summed E-state index contributed by atoms with van der Waals surface area (Å²) in [4.78, 5) is 26.8. The second-order valence-corrected chi connectivity index (χ2v) is 7.03. The van der Waals surface area contributed by atoms with Crippen LogP contribution in [0.15, 0.2) is 24.3 Å². The molecule has 1 aromatic rings. The zero-order valence-corrected chi connectivity index (χ0v) is 14.0. The Morgan fingerprint density at radius 1 is 1.13 bits per heavy atom. The maximum absolute atomic E-state index is 12.6. The van der Waals surface area contributed by atoms with Gasteiger partial charge in [-0.1, -0.05) is 30.5 Å². The van der Waals surface area contributed by atoms with E-state index in [0.717, 1.165) is 25.7 Å². The number of nitrogens with one attached hydrogen (secondary N) is 1. The van der Waals surface area contributed by atoms with Crippen LogP contribution in [-0.4, -0.2) is 35.8 Å². The first-order valence-electron chi connectivity index (χ1n) is 8.49. The van der Waals surface area contributed by atoms with Crippen molar-refractivity contribution in [3.8, 4) is 0 Å². The van der Waals surface area contributed by atoms with Crippen LogP contribution in [0.1, 0.15) is 48.9 Å². The molecule has 0 bridgehead atoms. The Morgan fingerprint density at radius 3 is 2.65 bits per heavy atom. The normalized spacial score (nSPS) is 22.1. The molecule has 0 unspecified atom stereocenters. The number of nitrogens with zero attached hydrogens (tertiary/aromatic N) is 1. The summed E-state index contributed by atoms with van der Waals surface area (Å²) in [5.74, 6) is -0.0150. The minimum Gasteiger partial charge on any atom is -0.353 e. The summed E-state index contributed by atoms with van der Waals surface area (Å²) in [6.07, 6.45) is 6.31. The van der Waals surface area contributed by atoms with Crippen LogP contribution in [0.4, 0.5) is 0 Å². The number of rotatable bonds is 3. The van der Waals surface area contributed by atoms with Crippen molar-refractivity contribution in [1.82, 2.24) is 10.2 Å². The first-order chi connectivity index (χ1) is 11.1. The fourth-order valence-electron chi connectivity index (χ4n) is 3.57. The molecule has 1 saturated heterocycles. The Morgan fingerprint density at radius 2 is 1.91 bits per heavy atom. The second kappa shape index (κ2) is 7.35. The van der Waals surface area contributed by atoms with Gasteiger partial charge in [-0.3, -0.25) is 9.59 Å². The van der Waals surface area contributed by atoms with Crippen molar-refractivity contribution in [2.24, 2.45) is 5.92 Å². The summed E-state index contributed by atoms with van der Waals surface area (Å²) in [6, 6.07) is 7.33. The number of hydrogen-bond acceptors (Lipinski definition) is 2. The van der Waals surface area contributed by atoms with E-state index in [-0.39, 0.29) is 17.7 Å². The molecule has 0 aromatic heterocycles. The number of carbonyl (C=O) groups is 2. The first-order valence-corrected chi connectivity index (χ1v) is 8.86. The second-order valence-electron chi connectivity index (χ2n) is 6.59. The fraction of sp³-hybridized carbons (Fsp3) is 0.556. The summed E-state index contributed by atoms with van der Waals surface area (Å²) in [5.41, 5.74) is 0.592. The minimum absolute atomic E-state index is 0.0362. The number of likely N-dealkylation sites (tertiary alicyclic amines) is 1. The Hall–Kier alpha value is -1.55. The van der Waals surface area contributed by atoms with Gasteiger partial charge in [0.05, 0.1) is 5.92 Å². The topological polar surface area (TPSA) is 49.4 Å². The van der Waals surface area contributed by atoms with Gasteiger partial charge in [0.2, 0.25) is 5.91 Å². The van der Waals surface area contributed by atoms with Crippen molar-refractivity contribution in [3.05, 3.63) is 34.9 Å². The van der Waals surface area contributed by atoms with Gasteiger partial charge < -0.3 is 10.2 Å². The van der Waals surface area contributed by atoms with E-state index in [0.29, 0.717) is 29.7 Å². The van der Waals surface area contributed by atoms with Gasteiger partial charge in [0.25, 0.3) is 5.91 Å². The van der Waals surface area contributed by atoms with E-state index in [4.69, 9.17) is 11.6 Å². The maximum atomic E-state index is 12.6. The number of halogens is 1. The van der Waals surface area contributed by atoms with Crippen LogP contribution in [0.2, 0.25) is 5.02 Å². The molecule has 1 saturated carbocycles. The third kappa shape index (κ3) is 4.05. The van der Waals surface area contributed by atoms with Crippen LogP contribution in [0.3, 0.4) is 0 Å². The number of benzene rings is 1. The molecule has 0 radical (unpaired) electrons. The average Bonchev–Trinajstić information content (AvgIpc) is 3.07. The van der Waals surface area contributed by atoms with Gasteiger partial charge >= 0.3 is 0 Å². The number of hydrogen-bond donors (Lipinski definition) is 1. The van der Waals surface area contributed by atoms with Crippen LogP contribution in [0, 0.1) is 5.92 Å². The highest BCUT2D eigenvalue weighted by Gasteiger charge is 2.30. The van der Waals surface area contributed by atoms with Crippen molar-refractivity contribution in [2.75, 3.05) is 13.1 Å². The van der Waals surface area contributed by atoms with Crippen LogP contribution >= 0.6 is 11.6 Å². The van der Waals surface area contributed by atoms with E-state index < -0.39 is 0 Å². The summed E-state index contributed by atoms with van der Waals surface area (Å²) in [5, 5.41) is 3.72. The van der Waals surface area contributed by atoms with E-state index in [9.17, 15) is 9.59 Å². The highest BCUT2D eigenvalue weighted by atomic mass is 35.5. The third-order valence-corrected chi connectivity index (χ3v) is 5.09. The van der Waals surface area contributed by atoms with Gasteiger partial charge in [-0.2, -0.15) is 0 Å². The molecule has 23 heavy (non-hydrogen) atoms. The van der Waals surface area contributed by atoms with Gasteiger partial charge in [-0.05, 0) is 43.9 Å². The standard InChI is InChI=1S/C18H23ClN2O2/c19-15-7-3-5-13(11-15)18(23)21-10-4-6-14(12-21)17(22)20-16-8-1-2-9-16/h3,5,7,11,14,16H,1-2,4,6,8-10,12H2,(H,20,22)/t14-/m1/s1. The van der Waals surface area contributed by atoms with Crippen molar-refractivity contribution >= 4 is 23.4 Å². The van der Waals surface area contributed by atoms with Gasteiger partial charge in [-0.15, -0.1) is 0 Å². The molecule has 2 fully saturated rings. The minimum atomic E-state index is -0.0903. The lowest BCUT2D eigenvalue weighted by atomic mass is 9.96. The number of amides is 2. The third-order valence-electron chi connectivity index (χ3n) is 4.85. The Balaban J connectivity index is 1.61. The van der Waals surface area contributed by atoms with Crippen LogP contribution < -0.4 is 5.32 Å². The molecule has 5 heteroatoms. The number of piperidine rings is 1. The smallest absolute Gasteiger partial charge is 0.253 e. The molecule has 3 rings (SSSR count). The van der Waals surface area contributed by atoms with Crippen LogP contribution in [-0.2, 0) is 4.79 Å². The molecule has 1 atom stereocenters. The van der Waals surface area contributed by atoms with Crippen molar-refractivity contribution in [1.29, 1.82) is 0 Å². The Kier molecular flexibility index (Phi) is 5.21. The van der Waals surface area contributed by atoms with E-state index in [1.807, 2.05) is 0 Å². The molecule has 0 spiro atoms. The molecule has 4 nitrogen and oxygen atoms in total. The predicted molar refractivity (Wildman–Crippen MR) is 90.5 cm³/mol. The molecule has 2 aliphatic rings. The molecular formula is C18H23ClN2O2. The summed E-state index contributed by atoms with van der Waals surface area (Å²) < 4.78 is 0. The predicted octanol–water partition coefficient (Wildman–Crippen LogP) is 3.25. The van der Waals surface area contributed by atoms with Gasteiger partial charge in [0.15, 0.2) is 0 Å². The lowest BCUT2D eigenvalue weighted by Crippen LogP contribution is -2.47. The quantitative estimate of drug-likeness (QED) is 0.922. The van der Waals surface area contributed by atoms with Crippen LogP contribution in [0.25, 0.3) is 0 Å². The molecule has 124 valence electrons. The Bertz CT molecular complexity index is 584. The zero-order valence-electron chi connectivity index (χ0n) is 13.3. The Labute approximate surface area is 142 Å². The molecule has 1 aromatic carbocycles. The highest BCUT2D eigenvalue weighted by Crippen LogP contribution is 2.22. The van der Waals surface area contributed by atoms with Gasteiger partial charge in [0.1, 0.15) is 0 Å². The molecule has 1 aliphatic heterocycles. The zero-order chi connectivity index (χ0) is 16.2. The molecule has 1 aliphatic carbocycles. The van der Waals surface area contributed by atoms with Crippen LogP contribution in [0.5, 0.6) is 0 Å². The average molecular weight is 335 g/mol. The van der Waals surface area contributed by atoms with Crippen molar-refractivity contribution in [3.63, 3.8) is 0 Å². The van der Waals surface area contributed by atoms with Crippen molar-refractivity contribution < 1.29 is 9.59 Å². The molecule has 1 heterocycles.